The summed E-state index contributed by atoms with van der Waals surface area (Å²) in [6, 6.07) is 19.1. The molecule has 1 atom stereocenters. The molecule has 0 spiro atoms. The summed E-state index contributed by atoms with van der Waals surface area (Å²) in [6.07, 6.45) is 3.41. The molecule has 0 bridgehead atoms. The molecule has 3 aromatic rings. The Labute approximate surface area is 159 Å². The maximum atomic E-state index is 11.4. The van der Waals surface area contributed by atoms with E-state index in [9.17, 15) is 5.11 Å². The lowest BCUT2D eigenvalue weighted by molar-refractivity contribution is 0.107. The standard InChI is InChI=1S/C19H15BrClNOS/c20-16-5-9-18(10-6-16)24-13-19(23,15-2-1-11-22-12-15)14-3-7-17(21)8-4-14/h1-12,23H,13H2. The number of thioether (sulfide) groups is 1. The summed E-state index contributed by atoms with van der Waals surface area (Å²) in [6.45, 7) is 0. The molecule has 2 nitrogen and oxygen atoms in total. The molecule has 0 aliphatic heterocycles. The van der Waals surface area contributed by atoms with Crippen molar-refractivity contribution in [2.45, 2.75) is 10.5 Å². The molecule has 3 rings (SSSR count). The van der Waals surface area contributed by atoms with Gasteiger partial charge in [0.1, 0.15) is 5.60 Å². The van der Waals surface area contributed by atoms with Gasteiger partial charge in [-0.25, -0.2) is 0 Å². The van der Waals surface area contributed by atoms with Gasteiger partial charge in [-0.15, -0.1) is 11.8 Å². The van der Waals surface area contributed by atoms with Crippen LogP contribution >= 0.6 is 39.3 Å². The van der Waals surface area contributed by atoms with Crippen LogP contribution in [0.2, 0.25) is 5.02 Å². The Morgan fingerprint density at radius 3 is 2.33 bits per heavy atom. The molecular weight excluding hydrogens is 406 g/mol. The van der Waals surface area contributed by atoms with Crippen LogP contribution in [-0.4, -0.2) is 15.8 Å². The van der Waals surface area contributed by atoms with Gasteiger partial charge in [0.2, 0.25) is 0 Å². The van der Waals surface area contributed by atoms with Crippen molar-refractivity contribution in [2.24, 2.45) is 0 Å². The van der Waals surface area contributed by atoms with Crippen molar-refractivity contribution in [3.8, 4) is 0 Å². The zero-order chi connectivity index (χ0) is 17.0. The first-order valence-corrected chi connectivity index (χ1v) is 9.51. The molecule has 1 unspecified atom stereocenters. The lowest BCUT2D eigenvalue weighted by Gasteiger charge is -2.29. The minimum Gasteiger partial charge on any atom is -0.379 e. The normalized spacial score (nSPS) is 13.5. The maximum Gasteiger partial charge on any atom is 0.125 e. The summed E-state index contributed by atoms with van der Waals surface area (Å²) in [5.41, 5.74) is 0.415. The van der Waals surface area contributed by atoms with Crippen LogP contribution in [0, 0.1) is 0 Å². The smallest absolute Gasteiger partial charge is 0.125 e. The lowest BCUT2D eigenvalue weighted by atomic mass is 9.89. The Hall–Kier alpha value is -1.33. The Morgan fingerprint density at radius 1 is 1.00 bits per heavy atom. The molecule has 0 saturated carbocycles. The fourth-order valence-electron chi connectivity index (χ4n) is 2.38. The largest absolute Gasteiger partial charge is 0.379 e. The quantitative estimate of drug-likeness (QED) is 0.551. The van der Waals surface area contributed by atoms with Crippen LogP contribution < -0.4 is 0 Å². The zero-order valence-corrected chi connectivity index (χ0v) is 15.9. The molecule has 2 aromatic carbocycles. The van der Waals surface area contributed by atoms with E-state index in [0.717, 1.165) is 20.5 Å². The summed E-state index contributed by atoms with van der Waals surface area (Å²) >= 11 is 11.0. The summed E-state index contributed by atoms with van der Waals surface area (Å²) < 4.78 is 1.03. The number of benzene rings is 2. The monoisotopic (exact) mass is 419 g/mol. The summed E-state index contributed by atoms with van der Waals surface area (Å²) in [7, 11) is 0. The average molecular weight is 421 g/mol. The van der Waals surface area contributed by atoms with Gasteiger partial charge in [-0.3, -0.25) is 4.98 Å². The Morgan fingerprint density at radius 2 is 1.71 bits per heavy atom. The number of hydrogen-bond donors (Lipinski definition) is 1. The van der Waals surface area contributed by atoms with Crippen molar-refractivity contribution < 1.29 is 5.11 Å². The van der Waals surface area contributed by atoms with Gasteiger partial charge in [0, 0.05) is 38.1 Å². The molecule has 122 valence electrons. The predicted octanol–water partition coefficient (Wildman–Crippen LogP) is 5.53. The number of nitrogens with zero attached hydrogens (tertiary/aromatic N) is 1. The second-order valence-electron chi connectivity index (χ2n) is 5.35. The fourth-order valence-corrected chi connectivity index (χ4v) is 3.81. The molecule has 5 heteroatoms. The van der Waals surface area contributed by atoms with E-state index in [1.807, 2.05) is 48.5 Å². The highest BCUT2D eigenvalue weighted by molar-refractivity contribution is 9.10. The van der Waals surface area contributed by atoms with Crippen LogP contribution in [-0.2, 0) is 5.60 Å². The van der Waals surface area contributed by atoms with Crippen LogP contribution in [0.15, 0.2) is 82.4 Å². The average Bonchev–Trinajstić information content (AvgIpc) is 2.62. The van der Waals surface area contributed by atoms with E-state index in [2.05, 4.69) is 20.9 Å². The number of halogens is 2. The molecule has 0 aliphatic carbocycles. The summed E-state index contributed by atoms with van der Waals surface area (Å²) in [5, 5.41) is 12.1. The highest BCUT2D eigenvalue weighted by atomic mass is 79.9. The number of pyridine rings is 1. The first-order chi connectivity index (χ1) is 11.6. The number of hydrogen-bond acceptors (Lipinski definition) is 3. The molecule has 1 heterocycles. The van der Waals surface area contributed by atoms with E-state index in [-0.39, 0.29) is 0 Å². The van der Waals surface area contributed by atoms with Crippen LogP contribution in [0.1, 0.15) is 11.1 Å². The molecule has 0 amide bonds. The van der Waals surface area contributed by atoms with Crippen molar-refractivity contribution in [2.75, 3.05) is 5.75 Å². The topological polar surface area (TPSA) is 33.1 Å². The van der Waals surface area contributed by atoms with Gasteiger partial charge in [0.25, 0.3) is 0 Å². The number of aliphatic hydroxyl groups is 1. The van der Waals surface area contributed by atoms with Gasteiger partial charge in [-0.05, 0) is 48.0 Å². The molecule has 0 fully saturated rings. The minimum absolute atomic E-state index is 0.474. The van der Waals surface area contributed by atoms with Crippen LogP contribution in [0.25, 0.3) is 0 Å². The van der Waals surface area contributed by atoms with Crippen molar-refractivity contribution in [1.29, 1.82) is 0 Å². The number of rotatable bonds is 5. The SMILES string of the molecule is OC(CSc1ccc(Br)cc1)(c1ccc(Cl)cc1)c1cccnc1. The number of aromatic nitrogens is 1. The van der Waals surface area contributed by atoms with Gasteiger partial charge in [-0.2, -0.15) is 0 Å². The van der Waals surface area contributed by atoms with Gasteiger partial charge in [0.05, 0.1) is 0 Å². The molecule has 24 heavy (non-hydrogen) atoms. The van der Waals surface area contributed by atoms with Gasteiger partial charge < -0.3 is 5.11 Å². The van der Waals surface area contributed by atoms with Gasteiger partial charge in [-0.1, -0.05) is 45.7 Å². The highest BCUT2D eigenvalue weighted by Crippen LogP contribution is 2.36. The summed E-state index contributed by atoms with van der Waals surface area (Å²) in [5.74, 6) is 0.474. The predicted molar refractivity (Wildman–Crippen MR) is 104 cm³/mol. The third kappa shape index (κ3) is 4.01. The van der Waals surface area contributed by atoms with Crippen LogP contribution in [0.5, 0.6) is 0 Å². The Bertz CT molecular complexity index is 796. The minimum atomic E-state index is -1.14. The van der Waals surface area contributed by atoms with Crippen molar-refractivity contribution >= 4 is 39.3 Å². The highest BCUT2D eigenvalue weighted by Gasteiger charge is 2.32. The summed E-state index contributed by atoms with van der Waals surface area (Å²) in [4.78, 5) is 5.25. The van der Waals surface area contributed by atoms with E-state index in [1.54, 1.807) is 36.3 Å². The maximum absolute atomic E-state index is 11.4. The lowest BCUT2D eigenvalue weighted by Crippen LogP contribution is -2.30. The van der Waals surface area contributed by atoms with Crippen molar-refractivity contribution in [3.05, 3.63) is 93.7 Å². The van der Waals surface area contributed by atoms with E-state index >= 15 is 0 Å². The van der Waals surface area contributed by atoms with Gasteiger partial charge in [0.15, 0.2) is 0 Å². The molecule has 0 saturated heterocycles. The third-order valence-corrected chi connectivity index (χ3v) is 5.67. The molecule has 1 N–H and O–H groups in total. The Kier molecular flexibility index (Phi) is 5.61. The Balaban J connectivity index is 1.93. The van der Waals surface area contributed by atoms with E-state index < -0.39 is 5.60 Å². The van der Waals surface area contributed by atoms with Crippen LogP contribution in [0.4, 0.5) is 0 Å². The van der Waals surface area contributed by atoms with E-state index in [0.29, 0.717) is 10.8 Å². The second kappa shape index (κ2) is 7.70. The molecular formula is C19H15BrClNOS. The first kappa shape index (κ1) is 17.5. The zero-order valence-electron chi connectivity index (χ0n) is 12.7. The van der Waals surface area contributed by atoms with Gasteiger partial charge >= 0.3 is 0 Å². The molecule has 1 aromatic heterocycles. The third-order valence-electron chi connectivity index (χ3n) is 3.72. The van der Waals surface area contributed by atoms with E-state index in [1.165, 1.54) is 0 Å². The van der Waals surface area contributed by atoms with Crippen LogP contribution in [0.3, 0.4) is 0 Å². The molecule has 0 radical (unpaired) electrons. The van der Waals surface area contributed by atoms with Crippen molar-refractivity contribution in [1.82, 2.24) is 4.98 Å². The second-order valence-corrected chi connectivity index (χ2v) is 7.75. The fraction of sp³-hybridized carbons (Fsp3) is 0.105. The van der Waals surface area contributed by atoms with E-state index in [4.69, 9.17) is 11.6 Å². The molecule has 0 aliphatic rings. The first-order valence-electron chi connectivity index (χ1n) is 7.35. The van der Waals surface area contributed by atoms with Crippen molar-refractivity contribution in [3.63, 3.8) is 0 Å².